The highest BCUT2D eigenvalue weighted by atomic mass is 32.2. The van der Waals surface area contributed by atoms with E-state index in [9.17, 15) is 0 Å². The molecular formula is C11H11N3S2. The third kappa shape index (κ3) is 2.18. The fourth-order valence-corrected chi connectivity index (χ4v) is 3.12. The predicted molar refractivity (Wildman–Crippen MR) is 67.7 cm³/mol. The van der Waals surface area contributed by atoms with Gasteiger partial charge in [0, 0.05) is 10.3 Å². The lowest BCUT2D eigenvalue weighted by atomic mass is 10.3. The van der Waals surface area contributed by atoms with Gasteiger partial charge in [-0.1, -0.05) is 18.7 Å². The molecule has 0 amide bonds. The molecule has 0 fully saturated rings. The highest BCUT2D eigenvalue weighted by Crippen LogP contribution is 2.32. The summed E-state index contributed by atoms with van der Waals surface area (Å²) in [6.07, 6.45) is 2.59. The maximum absolute atomic E-state index is 8.81. The molecule has 0 aliphatic heterocycles. The van der Waals surface area contributed by atoms with Gasteiger partial charge in [0.05, 0.1) is 11.3 Å². The fraction of sp³-hybridized carbons (Fsp3) is 0.364. The molecule has 1 atom stereocenters. The number of rotatable bonds is 3. The minimum Gasteiger partial charge on any atom is -0.229 e. The van der Waals surface area contributed by atoms with Crippen LogP contribution in [0.3, 0.4) is 0 Å². The average molecular weight is 249 g/mol. The largest absolute Gasteiger partial charge is 0.229 e. The van der Waals surface area contributed by atoms with Crippen molar-refractivity contribution in [1.82, 2.24) is 9.97 Å². The Morgan fingerprint density at radius 2 is 2.38 bits per heavy atom. The minimum absolute atomic E-state index is 0.0805. The van der Waals surface area contributed by atoms with Gasteiger partial charge in [-0.2, -0.15) is 5.26 Å². The van der Waals surface area contributed by atoms with E-state index in [0.717, 1.165) is 21.7 Å². The lowest BCUT2D eigenvalue weighted by Crippen LogP contribution is -1.92. The van der Waals surface area contributed by atoms with Crippen molar-refractivity contribution in [2.45, 2.75) is 30.5 Å². The Bertz CT molecular complexity index is 542. The molecule has 0 aliphatic carbocycles. The number of thioether (sulfide) groups is 1. The van der Waals surface area contributed by atoms with Crippen LogP contribution in [-0.4, -0.2) is 15.2 Å². The van der Waals surface area contributed by atoms with Gasteiger partial charge in [-0.3, -0.25) is 0 Å². The lowest BCUT2D eigenvalue weighted by Gasteiger charge is -2.01. The number of aromatic nitrogens is 2. The smallest absolute Gasteiger partial charge is 0.128 e. The van der Waals surface area contributed by atoms with Crippen LogP contribution in [0.25, 0.3) is 10.2 Å². The van der Waals surface area contributed by atoms with Gasteiger partial charge in [-0.25, -0.2) is 9.97 Å². The van der Waals surface area contributed by atoms with Gasteiger partial charge in [-0.05, 0) is 19.4 Å². The second-order valence-corrected chi connectivity index (χ2v) is 5.80. The summed E-state index contributed by atoms with van der Waals surface area (Å²) in [6, 6.07) is 4.34. The first-order valence-electron chi connectivity index (χ1n) is 5.04. The van der Waals surface area contributed by atoms with Crippen molar-refractivity contribution < 1.29 is 0 Å². The van der Waals surface area contributed by atoms with Gasteiger partial charge < -0.3 is 0 Å². The fourth-order valence-electron chi connectivity index (χ4n) is 1.35. The highest BCUT2D eigenvalue weighted by Gasteiger charge is 2.11. The third-order valence-corrected chi connectivity index (χ3v) is 4.36. The van der Waals surface area contributed by atoms with E-state index in [4.69, 9.17) is 5.26 Å². The summed E-state index contributed by atoms with van der Waals surface area (Å²) in [5.74, 6) is 0. The summed E-state index contributed by atoms with van der Waals surface area (Å²) in [5, 5.41) is 10.7. The number of aryl methyl sites for hydroxylation is 1. The molecule has 2 rings (SSSR count). The molecule has 82 valence electrons. The van der Waals surface area contributed by atoms with E-state index in [0.29, 0.717) is 0 Å². The SMILES string of the molecule is CCc1cc2c(SC(C)C#N)ncnc2s1. The van der Waals surface area contributed by atoms with E-state index in [1.54, 1.807) is 17.7 Å². The molecule has 0 bridgehead atoms. The molecular weight excluding hydrogens is 238 g/mol. The number of nitriles is 1. The molecule has 1 unspecified atom stereocenters. The maximum atomic E-state index is 8.81. The zero-order valence-corrected chi connectivity index (χ0v) is 10.7. The Hall–Kier alpha value is -1.12. The lowest BCUT2D eigenvalue weighted by molar-refractivity contribution is 1.10. The van der Waals surface area contributed by atoms with Crippen LogP contribution in [0.5, 0.6) is 0 Å². The van der Waals surface area contributed by atoms with Gasteiger partial charge in [0.25, 0.3) is 0 Å². The Labute approximate surface area is 103 Å². The monoisotopic (exact) mass is 249 g/mol. The first-order chi connectivity index (χ1) is 7.74. The van der Waals surface area contributed by atoms with Gasteiger partial charge in [-0.15, -0.1) is 11.3 Å². The number of nitrogens with zero attached hydrogens (tertiary/aromatic N) is 3. The standard InChI is InChI=1S/C11H11N3S2/c1-3-8-4-9-10(15-7(2)5-12)13-6-14-11(9)16-8/h4,6-7H,3H2,1-2H3. The van der Waals surface area contributed by atoms with Crippen molar-refractivity contribution >= 4 is 33.3 Å². The topological polar surface area (TPSA) is 49.6 Å². The zero-order chi connectivity index (χ0) is 11.5. The Kier molecular flexibility index (Phi) is 3.42. The first-order valence-corrected chi connectivity index (χ1v) is 6.74. The second-order valence-electron chi connectivity index (χ2n) is 3.35. The van der Waals surface area contributed by atoms with Crippen molar-refractivity contribution in [3.05, 3.63) is 17.3 Å². The maximum Gasteiger partial charge on any atom is 0.128 e. The van der Waals surface area contributed by atoms with Gasteiger partial charge in [0.1, 0.15) is 16.2 Å². The summed E-state index contributed by atoms with van der Waals surface area (Å²) in [7, 11) is 0. The van der Waals surface area contributed by atoms with Crippen LogP contribution in [-0.2, 0) is 6.42 Å². The van der Waals surface area contributed by atoms with E-state index in [2.05, 4.69) is 29.0 Å². The minimum atomic E-state index is -0.0805. The number of hydrogen-bond donors (Lipinski definition) is 0. The Morgan fingerprint density at radius 3 is 3.06 bits per heavy atom. The van der Waals surface area contributed by atoms with Crippen LogP contribution < -0.4 is 0 Å². The summed E-state index contributed by atoms with van der Waals surface area (Å²) in [6.45, 7) is 4.01. The molecule has 0 aliphatic rings. The molecule has 0 N–H and O–H groups in total. The molecule has 0 saturated carbocycles. The van der Waals surface area contributed by atoms with Crippen molar-refractivity contribution in [3.8, 4) is 6.07 Å². The molecule has 0 saturated heterocycles. The summed E-state index contributed by atoms with van der Waals surface area (Å²) in [4.78, 5) is 10.8. The molecule has 16 heavy (non-hydrogen) atoms. The van der Waals surface area contributed by atoms with Gasteiger partial charge in [0.15, 0.2) is 0 Å². The van der Waals surface area contributed by atoms with Crippen molar-refractivity contribution in [1.29, 1.82) is 5.26 Å². The van der Waals surface area contributed by atoms with Crippen LogP contribution in [0.4, 0.5) is 0 Å². The van der Waals surface area contributed by atoms with E-state index in [-0.39, 0.29) is 5.25 Å². The number of thiophene rings is 1. The quantitative estimate of drug-likeness (QED) is 0.619. The summed E-state index contributed by atoms with van der Waals surface area (Å²) >= 11 is 3.19. The van der Waals surface area contributed by atoms with Gasteiger partial charge >= 0.3 is 0 Å². The number of fused-ring (bicyclic) bond motifs is 1. The van der Waals surface area contributed by atoms with Crippen molar-refractivity contribution in [2.75, 3.05) is 0 Å². The van der Waals surface area contributed by atoms with Crippen LogP contribution in [0.1, 0.15) is 18.7 Å². The number of hydrogen-bond acceptors (Lipinski definition) is 5. The normalized spacial score (nSPS) is 12.6. The first kappa shape index (κ1) is 11.4. The molecule has 0 spiro atoms. The van der Waals surface area contributed by atoms with Crippen LogP contribution >= 0.6 is 23.1 Å². The van der Waals surface area contributed by atoms with E-state index in [1.807, 2.05) is 6.92 Å². The predicted octanol–water partition coefficient (Wildman–Crippen LogP) is 3.26. The third-order valence-electron chi connectivity index (χ3n) is 2.16. The van der Waals surface area contributed by atoms with Gasteiger partial charge in [0.2, 0.25) is 0 Å². The van der Waals surface area contributed by atoms with Crippen LogP contribution in [0.15, 0.2) is 17.4 Å². The molecule has 2 aromatic heterocycles. The Balaban J connectivity index is 2.45. The van der Waals surface area contributed by atoms with E-state index >= 15 is 0 Å². The molecule has 0 aromatic carbocycles. The summed E-state index contributed by atoms with van der Waals surface area (Å²) < 4.78 is 0. The van der Waals surface area contributed by atoms with Crippen LogP contribution in [0.2, 0.25) is 0 Å². The molecule has 0 radical (unpaired) electrons. The zero-order valence-electron chi connectivity index (χ0n) is 9.10. The molecule has 2 aromatic rings. The summed E-state index contributed by atoms with van der Waals surface area (Å²) in [5.41, 5.74) is 0. The van der Waals surface area contributed by atoms with Crippen molar-refractivity contribution in [2.24, 2.45) is 0 Å². The molecule has 2 heterocycles. The Morgan fingerprint density at radius 1 is 1.56 bits per heavy atom. The van der Waals surface area contributed by atoms with Crippen molar-refractivity contribution in [3.63, 3.8) is 0 Å². The highest BCUT2D eigenvalue weighted by molar-refractivity contribution is 8.00. The van der Waals surface area contributed by atoms with Crippen LogP contribution in [0, 0.1) is 11.3 Å². The second kappa shape index (κ2) is 4.81. The van der Waals surface area contributed by atoms with E-state index in [1.165, 1.54) is 16.6 Å². The molecule has 5 heteroatoms. The molecule has 3 nitrogen and oxygen atoms in total. The average Bonchev–Trinajstić information content (AvgIpc) is 2.73. The van der Waals surface area contributed by atoms with E-state index < -0.39 is 0 Å².